The molecular formula is C16H14O5. The molecule has 0 radical (unpaired) electrons. The van der Waals surface area contributed by atoms with Crippen LogP contribution in [0.3, 0.4) is 0 Å². The Morgan fingerprint density at radius 1 is 0.810 bits per heavy atom. The Morgan fingerprint density at radius 3 is 2.05 bits per heavy atom. The van der Waals surface area contributed by atoms with Crippen LogP contribution in [-0.2, 0) is 9.47 Å². The molecule has 0 aliphatic rings. The molecule has 0 spiro atoms. The Hall–Kier alpha value is -2.82. The van der Waals surface area contributed by atoms with Gasteiger partial charge in [0.2, 0.25) is 0 Å². The fourth-order valence-corrected chi connectivity index (χ4v) is 1.74. The van der Waals surface area contributed by atoms with Gasteiger partial charge in [-0.05, 0) is 36.4 Å². The smallest absolute Gasteiger partial charge is 0.341 e. The summed E-state index contributed by atoms with van der Waals surface area (Å²) in [6.07, 6.45) is 0. The lowest BCUT2D eigenvalue weighted by atomic mass is 10.2. The van der Waals surface area contributed by atoms with Crippen LogP contribution < -0.4 is 4.74 Å². The molecule has 21 heavy (non-hydrogen) atoms. The van der Waals surface area contributed by atoms with E-state index >= 15 is 0 Å². The minimum absolute atomic E-state index is 0.331. The van der Waals surface area contributed by atoms with E-state index in [0.717, 1.165) is 0 Å². The first-order valence-corrected chi connectivity index (χ1v) is 6.19. The number of ether oxygens (including phenoxy) is 3. The van der Waals surface area contributed by atoms with Gasteiger partial charge in [-0.25, -0.2) is 9.59 Å². The van der Waals surface area contributed by atoms with Gasteiger partial charge >= 0.3 is 11.9 Å². The Labute approximate surface area is 122 Å². The van der Waals surface area contributed by atoms with Crippen molar-refractivity contribution in [3.8, 4) is 11.5 Å². The van der Waals surface area contributed by atoms with Gasteiger partial charge in [0.1, 0.15) is 17.1 Å². The normalized spacial score (nSPS) is 9.81. The second kappa shape index (κ2) is 6.56. The van der Waals surface area contributed by atoms with E-state index in [0.29, 0.717) is 22.6 Å². The van der Waals surface area contributed by atoms with Crippen LogP contribution in [0.4, 0.5) is 0 Å². The molecule has 0 saturated carbocycles. The Kier molecular flexibility index (Phi) is 4.56. The van der Waals surface area contributed by atoms with Crippen molar-refractivity contribution >= 4 is 11.9 Å². The second-order valence-corrected chi connectivity index (χ2v) is 4.11. The van der Waals surface area contributed by atoms with E-state index < -0.39 is 11.9 Å². The van der Waals surface area contributed by atoms with Crippen molar-refractivity contribution in [2.24, 2.45) is 0 Å². The number of hydrogen-bond donors (Lipinski definition) is 0. The lowest BCUT2D eigenvalue weighted by molar-refractivity contribution is 0.0590. The predicted molar refractivity (Wildman–Crippen MR) is 75.6 cm³/mol. The summed E-state index contributed by atoms with van der Waals surface area (Å²) in [6.45, 7) is 0. The topological polar surface area (TPSA) is 61.8 Å². The number of benzene rings is 2. The van der Waals surface area contributed by atoms with Gasteiger partial charge in [0.25, 0.3) is 0 Å². The molecule has 0 amide bonds. The van der Waals surface area contributed by atoms with E-state index in [2.05, 4.69) is 4.74 Å². The van der Waals surface area contributed by atoms with E-state index in [1.165, 1.54) is 14.2 Å². The summed E-state index contributed by atoms with van der Waals surface area (Å²) in [4.78, 5) is 23.0. The maximum Gasteiger partial charge on any atom is 0.341 e. The van der Waals surface area contributed by atoms with Crippen molar-refractivity contribution in [3.05, 3.63) is 59.7 Å². The molecule has 0 atom stereocenters. The summed E-state index contributed by atoms with van der Waals surface area (Å²) < 4.78 is 15.0. The first kappa shape index (κ1) is 14.6. The molecule has 5 heteroatoms. The zero-order chi connectivity index (χ0) is 15.2. The lowest BCUT2D eigenvalue weighted by Gasteiger charge is -2.10. The van der Waals surface area contributed by atoms with E-state index in [-0.39, 0.29) is 0 Å². The van der Waals surface area contributed by atoms with Gasteiger partial charge in [0.15, 0.2) is 0 Å². The van der Waals surface area contributed by atoms with Crippen molar-refractivity contribution < 1.29 is 23.8 Å². The molecule has 0 aliphatic carbocycles. The van der Waals surface area contributed by atoms with E-state index in [4.69, 9.17) is 9.47 Å². The third-order valence-corrected chi connectivity index (χ3v) is 2.80. The minimum atomic E-state index is -0.475. The fraction of sp³-hybridized carbons (Fsp3) is 0.125. The fourth-order valence-electron chi connectivity index (χ4n) is 1.74. The molecule has 5 nitrogen and oxygen atoms in total. The van der Waals surface area contributed by atoms with Gasteiger partial charge in [-0.3, -0.25) is 0 Å². The van der Waals surface area contributed by atoms with Gasteiger partial charge < -0.3 is 14.2 Å². The van der Waals surface area contributed by atoms with Crippen molar-refractivity contribution in [2.45, 2.75) is 0 Å². The molecule has 0 N–H and O–H groups in total. The van der Waals surface area contributed by atoms with Crippen LogP contribution in [0.1, 0.15) is 20.7 Å². The standard InChI is InChI=1S/C16H14O5/c1-19-15(17)11-7-9-12(10-8-11)21-14-6-4-3-5-13(14)16(18)20-2/h3-10H,1-2H3. The van der Waals surface area contributed by atoms with Crippen LogP contribution >= 0.6 is 0 Å². The number of hydrogen-bond acceptors (Lipinski definition) is 5. The molecule has 108 valence electrons. The molecule has 0 unspecified atom stereocenters. The highest BCUT2D eigenvalue weighted by atomic mass is 16.5. The summed E-state index contributed by atoms with van der Waals surface area (Å²) in [6, 6.07) is 13.2. The SMILES string of the molecule is COC(=O)c1ccc(Oc2ccccc2C(=O)OC)cc1. The molecule has 2 aromatic carbocycles. The number of para-hydroxylation sites is 1. The Bertz CT molecular complexity index is 646. The first-order chi connectivity index (χ1) is 10.2. The summed E-state index contributed by atoms with van der Waals surface area (Å²) in [7, 11) is 2.63. The Balaban J connectivity index is 2.23. The largest absolute Gasteiger partial charge is 0.465 e. The first-order valence-electron chi connectivity index (χ1n) is 6.19. The lowest BCUT2D eigenvalue weighted by Crippen LogP contribution is -2.03. The van der Waals surface area contributed by atoms with Gasteiger partial charge in [-0.2, -0.15) is 0 Å². The van der Waals surface area contributed by atoms with Crippen LogP contribution in [0.2, 0.25) is 0 Å². The molecule has 0 fully saturated rings. The van der Waals surface area contributed by atoms with E-state index in [1.807, 2.05) is 0 Å². The molecule has 2 rings (SSSR count). The van der Waals surface area contributed by atoms with Crippen LogP contribution in [-0.4, -0.2) is 26.2 Å². The monoisotopic (exact) mass is 286 g/mol. The summed E-state index contributed by atoms with van der Waals surface area (Å²) in [5, 5.41) is 0. The molecule has 2 aromatic rings. The van der Waals surface area contributed by atoms with Crippen LogP contribution in [0.15, 0.2) is 48.5 Å². The number of methoxy groups -OCH3 is 2. The molecular weight excluding hydrogens is 272 g/mol. The highest BCUT2D eigenvalue weighted by Crippen LogP contribution is 2.26. The minimum Gasteiger partial charge on any atom is -0.465 e. The third kappa shape index (κ3) is 3.39. The predicted octanol–water partition coefficient (Wildman–Crippen LogP) is 3.05. The van der Waals surface area contributed by atoms with Crippen molar-refractivity contribution in [2.75, 3.05) is 14.2 Å². The molecule has 0 aliphatic heterocycles. The van der Waals surface area contributed by atoms with E-state index in [9.17, 15) is 9.59 Å². The summed E-state index contributed by atoms with van der Waals surface area (Å²) in [5.74, 6) is -0.0116. The molecule has 0 saturated heterocycles. The van der Waals surface area contributed by atoms with Gasteiger partial charge in [-0.1, -0.05) is 12.1 Å². The second-order valence-electron chi connectivity index (χ2n) is 4.11. The molecule has 0 aromatic heterocycles. The number of carbonyl (C=O) groups is 2. The highest BCUT2D eigenvalue weighted by molar-refractivity contribution is 5.92. The quantitative estimate of drug-likeness (QED) is 0.808. The average Bonchev–Trinajstić information content (AvgIpc) is 2.54. The van der Waals surface area contributed by atoms with Crippen molar-refractivity contribution in [1.82, 2.24) is 0 Å². The number of rotatable bonds is 4. The van der Waals surface area contributed by atoms with Gasteiger partial charge in [0, 0.05) is 0 Å². The van der Waals surface area contributed by atoms with Crippen LogP contribution in [0.25, 0.3) is 0 Å². The maximum atomic E-state index is 11.6. The zero-order valence-electron chi connectivity index (χ0n) is 11.7. The van der Waals surface area contributed by atoms with Crippen molar-refractivity contribution in [3.63, 3.8) is 0 Å². The molecule has 0 bridgehead atoms. The average molecular weight is 286 g/mol. The Morgan fingerprint density at radius 2 is 1.43 bits per heavy atom. The van der Waals surface area contributed by atoms with Crippen LogP contribution in [0.5, 0.6) is 11.5 Å². The highest BCUT2D eigenvalue weighted by Gasteiger charge is 2.13. The van der Waals surface area contributed by atoms with Gasteiger partial charge in [-0.15, -0.1) is 0 Å². The molecule has 0 heterocycles. The van der Waals surface area contributed by atoms with Crippen LogP contribution in [0, 0.1) is 0 Å². The summed E-state index contributed by atoms with van der Waals surface area (Å²) in [5.41, 5.74) is 0.753. The van der Waals surface area contributed by atoms with Gasteiger partial charge in [0.05, 0.1) is 19.8 Å². The summed E-state index contributed by atoms with van der Waals surface area (Å²) >= 11 is 0. The van der Waals surface area contributed by atoms with E-state index in [1.54, 1.807) is 48.5 Å². The van der Waals surface area contributed by atoms with Crippen molar-refractivity contribution in [1.29, 1.82) is 0 Å². The third-order valence-electron chi connectivity index (χ3n) is 2.80. The maximum absolute atomic E-state index is 11.6. The number of carbonyl (C=O) groups excluding carboxylic acids is 2. The zero-order valence-corrected chi connectivity index (χ0v) is 11.7. The number of esters is 2.